The van der Waals surface area contributed by atoms with Crippen LogP contribution >= 0.6 is 0 Å². The summed E-state index contributed by atoms with van der Waals surface area (Å²) < 4.78 is 6.59. The van der Waals surface area contributed by atoms with Crippen molar-refractivity contribution in [2.75, 3.05) is 13.2 Å². The van der Waals surface area contributed by atoms with E-state index in [2.05, 4.69) is 4.98 Å². The van der Waals surface area contributed by atoms with Crippen LogP contribution in [0.5, 0.6) is 0 Å². The van der Waals surface area contributed by atoms with Gasteiger partial charge in [0, 0.05) is 26.0 Å². The molecule has 0 radical (unpaired) electrons. The lowest BCUT2D eigenvalue weighted by Crippen LogP contribution is -2.31. The van der Waals surface area contributed by atoms with E-state index in [-0.39, 0.29) is 5.56 Å². The van der Waals surface area contributed by atoms with Crippen LogP contribution in [0.15, 0.2) is 15.8 Å². The van der Waals surface area contributed by atoms with Gasteiger partial charge in [-0.3, -0.25) is 14.3 Å². The second-order valence-corrected chi connectivity index (χ2v) is 3.57. The Morgan fingerprint density at radius 1 is 1.47 bits per heavy atom. The third kappa shape index (κ3) is 3.89. The number of nitrogens with one attached hydrogen (secondary N) is 1. The van der Waals surface area contributed by atoms with Gasteiger partial charge in [-0.25, -0.2) is 4.79 Å². The Morgan fingerprint density at radius 2 is 2.24 bits per heavy atom. The summed E-state index contributed by atoms with van der Waals surface area (Å²) in [4.78, 5) is 24.6. The van der Waals surface area contributed by atoms with Crippen LogP contribution < -0.4 is 11.2 Å². The van der Waals surface area contributed by atoms with E-state index in [9.17, 15) is 9.59 Å². The fourth-order valence-electron chi connectivity index (χ4n) is 1.34. The highest BCUT2D eigenvalue weighted by Gasteiger charge is 2.03. The molecule has 0 saturated carbocycles. The van der Waals surface area contributed by atoms with Gasteiger partial charge in [0.15, 0.2) is 0 Å². The number of nitriles is 1. The number of aromatic nitrogens is 2. The first kappa shape index (κ1) is 13.2. The molecule has 1 N–H and O–H groups in total. The van der Waals surface area contributed by atoms with Crippen LogP contribution in [-0.2, 0) is 11.3 Å². The molecule has 92 valence electrons. The molecule has 17 heavy (non-hydrogen) atoms. The number of H-pyrrole nitrogens is 1. The molecule has 0 unspecified atom stereocenters. The Labute approximate surface area is 98.5 Å². The van der Waals surface area contributed by atoms with E-state index in [0.717, 1.165) is 6.42 Å². The first-order valence-electron chi connectivity index (χ1n) is 5.50. The molecule has 0 amide bonds. The molecule has 0 fully saturated rings. The Hall–Kier alpha value is -1.87. The topological polar surface area (TPSA) is 87.9 Å². The maximum absolute atomic E-state index is 11.4. The van der Waals surface area contributed by atoms with E-state index >= 15 is 0 Å². The van der Waals surface area contributed by atoms with Crippen molar-refractivity contribution >= 4 is 0 Å². The normalized spacial score (nSPS) is 10.1. The smallest absolute Gasteiger partial charge is 0.328 e. The van der Waals surface area contributed by atoms with Crippen molar-refractivity contribution in [1.82, 2.24) is 9.55 Å². The van der Waals surface area contributed by atoms with E-state index in [1.54, 1.807) is 6.07 Å². The lowest BCUT2D eigenvalue weighted by Gasteiger charge is -2.05. The predicted octanol–water partition coefficient (Wildman–Crippen LogP) is 0.225. The predicted molar refractivity (Wildman–Crippen MR) is 61.8 cm³/mol. The number of hydrogen-bond acceptors (Lipinski definition) is 4. The molecule has 1 aromatic rings. The lowest BCUT2D eigenvalue weighted by molar-refractivity contribution is 0.129. The lowest BCUT2D eigenvalue weighted by atomic mass is 10.3. The minimum atomic E-state index is -0.643. The summed E-state index contributed by atoms with van der Waals surface area (Å²) in [5, 5.41) is 8.67. The number of hydrogen-bond donors (Lipinski definition) is 1. The number of nitrogens with zero attached hydrogens (tertiary/aromatic N) is 2. The molecule has 6 heteroatoms. The van der Waals surface area contributed by atoms with Gasteiger partial charge in [-0.15, -0.1) is 0 Å². The molecule has 0 aliphatic rings. The van der Waals surface area contributed by atoms with Crippen LogP contribution in [0.4, 0.5) is 0 Å². The molecule has 0 saturated heterocycles. The zero-order chi connectivity index (χ0) is 12.7. The van der Waals surface area contributed by atoms with E-state index in [1.807, 2.05) is 6.92 Å². The minimum absolute atomic E-state index is 0.0564. The van der Waals surface area contributed by atoms with Gasteiger partial charge in [0.2, 0.25) is 0 Å². The molecule has 0 atom stereocenters. The zero-order valence-corrected chi connectivity index (χ0v) is 9.73. The molecule has 1 aromatic heterocycles. The number of ether oxygens (including phenoxy) is 1. The van der Waals surface area contributed by atoms with Crippen LogP contribution in [-0.4, -0.2) is 22.8 Å². The SMILES string of the molecule is CCCOCCCn1cc(C#N)c(=O)[nH]c1=O. The number of aromatic amines is 1. The third-order valence-corrected chi connectivity index (χ3v) is 2.17. The fourth-order valence-corrected chi connectivity index (χ4v) is 1.34. The summed E-state index contributed by atoms with van der Waals surface area (Å²) in [6.07, 6.45) is 2.90. The van der Waals surface area contributed by atoms with Crippen LogP contribution in [0.3, 0.4) is 0 Å². The van der Waals surface area contributed by atoms with Gasteiger partial charge in [0.25, 0.3) is 5.56 Å². The highest BCUT2D eigenvalue weighted by Crippen LogP contribution is 1.91. The Kier molecular flexibility index (Phi) is 5.17. The van der Waals surface area contributed by atoms with Crippen molar-refractivity contribution in [3.63, 3.8) is 0 Å². The van der Waals surface area contributed by atoms with Gasteiger partial charge in [-0.05, 0) is 12.8 Å². The Morgan fingerprint density at radius 3 is 2.88 bits per heavy atom. The second-order valence-electron chi connectivity index (χ2n) is 3.57. The molecule has 0 bridgehead atoms. The van der Waals surface area contributed by atoms with E-state index in [1.165, 1.54) is 10.8 Å². The molecule has 0 aliphatic carbocycles. The molecular formula is C11H15N3O3. The van der Waals surface area contributed by atoms with Crippen molar-refractivity contribution in [3.8, 4) is 6.07 Å². The van der Waals surface area contributed by atoms with E-state index in [0.29, 0.717) is 26.2 Å². The summed E-state index contributed by atoms with van der Waals surface area (Å²) in [5.74, 6) is 0. The van der Waals surface area contributed by atoms with Crippen molar-refractivity contribution in [2.24, 2.45) is 0 Å². The summed E-state index contributed by atoms with van der Waals surface area (Å²) in [6, 6.07) is 1.74. The summed E-state index contributed by atoms with van der Waals surface area (Å²) in [7, 11) is 0. The van der Waals surface area contributed by atoms with Gasteiger partial charge in [-0.2, -0.15) is 5.26 Å². The standard InChI is InChI=1S/C11H15N3O3/c1-2-5-17-6-3-4-14-8-9(7-12)10(15)13-11(14)16/h8H,2-6H2,1H3,(H,13,15,16). The summed E-state index contributed by atoms with van der Waals surface area (Å²) in [6.45, 7) is 3.70. The van der Waals surface area contributed by atoms with Crippen LogP contribution in [0, 0.1) is 11.3 Å². The van der Waals surface area contributed by atoms with Crippen LogP contribution in [0.2, 0.25) is 0 Å². The Balaban J connectivity index is 2.63. The van der Waals surface area contributed by atoms with Crippen LogP contribution in [0.25, 0.3) is 0 Å². The van der Waals surface area contributed by atoms with Crippen LogP contribution in [0.1, 0.15) is 25.3 Å². The van der Waals surface area contributed by atoms with Crippen molar-refractivity contribution in [1.29, 1.82) is 5.26 Å². The quantitative estimate of drug-likeness (QED) is 0.717. The van der Waals surface area contributed by atoms with Gasteiger partial charge in [0.1, 0.15) is 11.6 Å². The maximum atomic E-state index is 11.4. The molecule has 0 aromatic carbocycles. The minimum Gasteiger partial charge on any atom is -0.381 e. The van der Waals surface area contributed by atoms with Crippen molar-refractivity contribution in [3.05, 3.63) is 32.6 Å². The maximum Gasteiger partial charge on any atom is 0.328 e. The molecular weight excluding hydrogens is 222 g/mol. The molecule has 0 spiro atoms. The highest BCUT2D eigenvalue weighted by molar-refractivity contribution is 5.21. The average Bonchev–Trinajstić information content (AvgIpc) is 2.31. The van der Waals surface area contributed by atoms with Gasteiger partial charge < -0.3 is 4.74 Å². The van der Waals surface area contributed by atoms with E-state index < -0.39 is 11.2 Å². The largest absolute Gasteiger partial charge is 0.381 e. The first-order valence-corrected chi connectivity index (χ1v) is 5.50. The first-order chi connectivity index (χ1) is 8.19. The molecule has 0 aliphatic heterocycles. The molecule has 6 nitrogen and oxygen atoms in total. The highest BCUT2D eigenvalue weighted by atomic mass is 16.5. The van der Waals surface area contributed by atoms with Gasteiger partial charge in [0.05, 0.1) is 0 Å². The second kappa shape index (κ2) is 6.66. The van der Waals surface area contributed by atoms with Gasteiger partial charge >= 0.3 is 5.69 Å². The van der Waals surface area contributed by atoms with Gasteiger partial charge in [-0.1, -0.05) is 6.92 Å². The fraction of sp³-hybridized carbons (Fsp3) is 0.545. The van der Waals surface area contributed by atoms with Crippen molar-refractivity contribution < 1.29 is 4.74 Å². The van der Waals surface area contributed by atoms with Crippen molar-refractivity contribution in [2.45, 2.75) is 26.3 Å². The summed E-state index contributed by atoms with van der Waals surface area (Å²) in [5.41, 5.74) is -1.19. The molecule has 1 rings (SSSR count). The number of aryl methyl sites for hydroxylation is 1. The molecule has 1 heterocycles. The zero-order valence-electron chi connectivity index (χ0n) is 9.73. The monoisotopic (exact) mass is 237 g/mol. The number of rotatable bonds is 6. The average molecular weight is 237 g/mol. The third-order valence-electron chi connectivity index (χ3n) is 2.17. The summed E-state index contributed by atoms with van der Waals surface area (Å²) >= 11 is 0. The Bertz CT molecular complexity index is 510. The van der Waals surface area contributed by atoms with E-state index in [4.69, 9.17) is 10.00 Å².